The Morgan fingerprint density at radius 1 is 1.50 bits per heavy atom. The van der Waals surface area contributed by atoms with Crippen LogP contribution in [0.25, 0.3) is 0 Å². The zero-order chi connectivity index (χ0) is 10.7. The molecular weight excluding hydrogens is 182 g/mol. The van der Waals surface area contributed by atoms with Gasteiger partial charge < -0.3 is 15.9 Å². The molecule has 0 spiro atoms. The van der Waals surface area contributed by atoms with Crippen molar-refractivity contribution >= 4 is 11.7 Å². The third-order valence-electron chi connectivity index (χ3n) is 1.98. The van der Waals surface area contributed by atoms with Gasteiger partial charge in [0.05, 0.1) is 11.3 Å². The molecule has 0 aromatic heterocycles. The van der Waals surface area contributed by atoms with E-state index in [1.54, 1.807) is 0 Å². The highest BCUT2D eigenvalue weighted by Crippen LogP contribution is 2.27. The molecule has 0 unspecified atom stereocenters. The molecule has 0 aliphatic heterocycles. The van der Waals surface area contributed by atoms with Gasteiger partial charge in [-0.3, -0.25) is 0 Å². The van der Waals surface area contributed by atoms with Crippen LogP contribution in [0.1, 0.15) is 29.3 Å². The zero-order valence-corrected chi connectivity index (χ0v) is 7.95. The van der Waals surface area contributed by atoms with Crippen molar-refractivity contribution in [3.8, 4) is 5.75 Å². The van der Waals surface area contributed by atoms with Crippen LogP contribution in [0.4, 0.5) is 5.69 Å². The number of phenolic OH excluding ortho intramolecular Hbond substituents is 1. The Bertz CT molecular complexity index is 361. The van der Waals surface area contributed by atoms with E-state index in [9.17, 15) is 9.90 Å². The first-order valence-corrected chi connectivity index (χ1v) is 4.41. The van der Waals surface area contributed by atoms with Gasteiger partial charge in [-0.05, 0) is 24.1 Å². The topological polar surface area (TPSA) is 83.5 Å². The number of benzene rings is 1. The van der Waals surface area contributed by atoms with Crippen molar-refractivity contribution in [1.29, 1.82) is 0 Å². The molecule has 0 heterocycles. The number of hydrogen-bond acceptors (Lipinski definition) is 3. The number of anilines is 1. The van der Waals surface area contributed by atoms with E-state index in [1.807, 2.05) is 6.92 Å². The largest absolute Gasteiger partial charge is 0.506 e. The number of nitrogens with two attached hydrogens (primary N) is 1. The van der Waals surface area contributed by atoms with Crippen molar-refractivity contribution in [2.45, 2.75) is 19.8 Å². The monoisotopic (exact) mass is 195 g/mol. The lowest BCUT2D eigenvalue weighted by Gasteiger charge is -2.07. The van der Waals surface area contributed by atoms with Crippen LogP contribution >= 0.6 is 0 Å². The van der Waals surface area contributed by atoms with Gasteiger partial charge in [0.1, 0.15) is 5.75 Å². The number of hydrogen-bond donors (Lipinski definition) is 3. The molecule has 0 aliphatic rings. The van der Waals surface area contributed by atoms with Crippen LogP contribution in [0.3, 0.4) is 0 Å². The van der Waals surface area contributed by atoms with Crippen LogP contribution in [0.15, 0.2) is 12.1 Å². The van der Waals surface area contributed by atoms with Crippen LogP contribution < -0.4 is 5.73 Å². The van der Waals surface area contributed by atoms with Gasteiger partial charge >= 0.3 is 5.97 Å². The summed E-state index contributed by atoms with van der Waals surface area (Å²) >= 11 is 0. The van der Waals surface area contributed by atoms with Gasteiger partial charge in [-0.1, -0.05) is 13.3 Å². The highest BCUT2D eigenvalue weighted by atomic mass is 16.4. The normalized spacial score (nSPS) is 10.1. The molecule has 0 aliphatic carbocycles. The summed E-state index contributed by atoms with van der Waals surface area (Å²) in [6.07, 6.45) is 1.45. The molecule has 76 valence electrons. The molecule has 0 saturated heterocycles. The van der Waals surface area contributed by atoms with Crippen LogP contribution in [0, 0.1) is 0 Å². The van der Waals surface area contributed by atoms with E-state index in [0.29, 0.717) is 12.0 Å². The Hall–Kier alpha value is -1.71. The van der Waals surface area contributed by atoms with E-state index in [-0.39, 0.29) is 17.0 Å². The molecular formula is C10H13NO3. The van der Waals surface area contributed by atoms with Crippen LogP contribution in [0.5, 0.6) is 5.75 Å². The average molecular weight is 195 g/mol. The number of aromatic carboxylic acids is 1. The molecule has 0 radical (unpaired) electrons. The lowest BCUT2D eigenvalue weighted by Crippen LogP contribution is -2.01. The van der Waals surface area contributed by atoms with E-state index in [1.165, 1.54) is 12.1 Å². The summed E-state index contributed by atoms with van der Waals surface area (Å²) in [4.78, 5) is 10.7. The SMILES string of the molecule is CCCc1cc(C(=O)O)cc(N)c1O. The van der Waals surface area contributed by atoms with Crippen molar-refractivity contribution in [2.24, 2.45) is 0 Å². The molecule has 1 aromatic rings. The van der Waals surface area contributed by atoms with Crippen LogP contribution in [-0.4, -0.2) is 16.2 Å². The number of rotatable bonds is 3. The minimum Gasteiger partial charge on any atom is -0.506 e. The fraction of sp³-hybridized carbons (Fsp3) is 0.300. The minimum absolute atomic E-state index is 0.00292. The van der Waals surface area contributed by atoms with E-state index < -0.39 is 5.97 Å². The smallest absolute Gasteiger partial charge is 0.335 e. The van der Waals surface area contributed by atoms with Gasteiger partial charge in [-0.25, -0.2) is 4.79 Å². The lowest BCUT2D eigenvalue weighted by molar-refractivity contribution is 0.0697. The van der Waals surface area contributed by atoms with E-state index >= 15 is 0 Å². The number of carboxylic acids is 1. The number of phenols is 1. The number of nitrogen functional groups attached to an aromatic ring is 1. The van der Waals surface area contributed by atoms with Crippen LogP contribution in [0.2, 0.25) is 0 Å². The van der Waals surface area contributed by atoms with Crippen molar-refractivity contribution < 1.29 is 15.0 Å². The molecule has 4 N–H and O–H groups in total. The van der Waals surface area contributed by atoms with Crippen molar-refractivity contribution in [2.75, 3.05) is 5.73 Å². The molecule has 4 heteroatoms. The van der Waals surface area contributed by atoms with Crippen molar-refractivity contribution in [3.05, 3.63) is 23.3 Å². The summed E-state index contributed by atoms with van der Waals surface area (Å²) in [6, 6.07) is 2.72. The number of carboxylic acid groups (broad SMARTS) is 1. The van der Waals surface area contributed by atoms with Gasteiger partial charge in [0.15, 0.2) is 0 Å². The van der Waals surface area contributed by atoms with Gasteiger partial charge in [-0.15, -0.1) is 0 Å². The summed E-state index contributed by atoms with van der Waals surface area (Å²) in [6.45, 7) is 1.95. The minimum atomic E-state index is -1.03. The number of carbonyl (C=O) groups is 1. The van der Waals surface area contributed by atoms with Gasteiger partial charge in [0.2, 0.25) is 0 Å². The second-order valence-electron chi connectivity index (χ2n) is 3.13. The average Bonchev–Trinajstić information content (AvgIpc) is 2.12. The Kier molecular flexibility index (Phi) is 2.96. The van der Waals surface area contributed by atoms with Crippen molar-refractivity contribution in [1.82, 2.24) is 0 Å². The summed E-state index contributed by atoms with van der Waals surface area (Å²) in [5.41, 5.74) is 6.30. The fourth-order valence-corrected chi connectivity index (χ4v) is 1.30. The first-order valence-electron chi connectivity index (χ1n) is 4.41. The fourth-order valence-electron chi connectivity index (χ4n) is 1.30. The van der Waals surface area contributed by atoms with E-state index in [4.69, 9.17) is 10.8 Å². The van der Waals surface area contributed by atoms with Crippen LogP contribution in [-0.2, 0) is 6.42 Å². The molecule has 1 rings (SSSR count). The second-order valence-corrected chi connectivity index (χ2v) is 3.13. The molecule has 1 aromatic carbocycles. The number of aryl methyl sites for hydroxylation is 1. The second kappa shape index (κ2) is 4.00. The highest BCUT2D eigenvalue weighted by Gasteiger charge is 2.10. The lowest BCUT2D eigenvalue weighted by atomic mass is 10.0. The maximum Gasteiger partial charge on any atom is 0.335 e. The summed E-state index contributed by atoms with van der Waals surface area (Å²) in [5, 5.41) is 18.3. The third kappa shape index (κ3) is 1.96. The third-order valence-corrected chi connectivity index (χ3v) is 1.98. The Labute approximate surface area is 82.0 Å². The molecule has 0 saturated carbocycles. The predicted octanol–water partition coefficient (Wildman–Crippen LogP) is 1.63. The van der Waals surface area contributed by atoms with E-state index in [0.717, 1.165) is 6.42 Å². The van der Waals surface area contributed by atoms with Gasteiger partial charge in [-0.2, -0.15) is 0 Å². The molecule has 0 bridgehead atoms. The number of aromatic hydroxyl groups is 1. The first-order chi connectivity index (χ1) is 6.56. The van der Waals surface area contributed by atoms with E-state index in [2.05, 4.69) is 0 Å². The molecule has 0 fully saturated rings. The van der Waals surface area contributed by atoms with Gasteiger partial charge in [0, 0.05) is 0 Å². The van der Waals surface area contributed by atoms with Crippen molar-refractivity contribution in [3.63, 3.8) is 0 Å². The predicted molar refractivity (Wildman–Crippen MR) is 53.5 cm³/mol. The standard InChI is InChI=1S/C10H13NO3/c1-2-3-6-4-7(10(13)14)5-8(11)9(6)12/h4-5,12H,2-3,11H2,1H3,(H,13,14). The highest BCUT2D eigenvalue weighted by molar-refractivity contribution is 5.89. The summed E-state index contributed by atoms with van der Waals surface area (Å²) < 4.78 is 0. The Balaban J connectivity index is 3.20. The maximum atomic E-state index is 10.7. The van der Waals surface area contributed by atoms with Gasteiger partial charge in [0.25, 0.3) is 0 Å². The molecule has 0 amide bonds. The Morgan fingerprint density at radius 2 is 2.14 bits per heavy atom. The molecule has 0 atom stereocenters. The molecule has 14 heavy (non-hydrogen) atoms. The quantitative estimate of drug-likeness (QED) is 0.505. The maximum absolute atomic E-state index is 10.7. The Morgan fingerprint density at radius 3 is 2.64 bits per heavy atom. The zero-order valence-electron chi connectivity index (χ0n) is 7.95. The summed E-state index contributed by atoms with van der Waals surface area (Å²) in [7, 11) is 0. The molecule has 4 nitrogen and oxygen atoms in total. The summed E-state index contributed by atoms with van der Waals surface area (Å²) in [5.74, 6) is -1.04. The first kappa shape index (κ1) is 10.4.